The van der Waals surface area contributed by atoms with Gasteiger partial charge in [0.2, 0.25) is 0 Å². The van der Waals surface area contributed by atoms with Crippen molar-refractivity contribution in [1.82, 2.24) is 15.0 Å². The predicted molar refractivity (Wildman–Crippen MR) is 82.7 cm³/mol. The number of aromatic nitrogens is 3. The molecule has 2 aromatic carbocycles. The quantitative estimate of drug-likeness (QED) is 0.672. The molecule has 0 bridgehead atoms. The molecule has 0 atom stereocenters. The van der Waals surface area contributed by atoms with Gasteiger partial charge in [0.15, 0.2) is 0 Å². The van der Waals surface area contributed by atoms with Crippen LogP contribution in [0.5, 0.6) is 11.5 Å². The second-order valence-electron chi connectivity index (χ2n) is 4.72. The van der Waals surface area contributed by atoms with E-state index in [1.165, 1.54) is 0 Å². The summed E-state index contributed by atoms with van der Waals surface area (Å²) in [4.78, 5) is 1.59. The Morgan fingerprint density at radius 1 is 0.773 bits per heavy atom. The van der Waals surface area contributed by atoms with Crippen LogP contribution in [0.1, 0.15) is 5.56 Å². The molecule has 22 heavy (non-hydrogen) atoms. The average molecular weight is 295 g/mol. The second-order valence-corrected chi connectivity index (χ2v) is 4.72. The number of benzene rings is 2. The molecule has 0 saturated carbocycles. The maximum Gasteiger partial charge on any atom is 0.120 e. The van der Waals surface area contributed by atoms with E-state index in [9.17, 15) is 0 Å². The van der Waals surface area contributed by atoms with E-state index >= 15 is 0 Å². The van der Waals surface area contributed by atoms with Crippen molar-refractivity contribution in [3.8, 4) is 11.5 Å². The van der Waals surface area contributed by atoms with Gasteiger partial charge < -0.3 is 9.47 Å². The fraction of sp³-hybridized carbons (Fsp3) is 0.176. The SMILES string of the molecule is c1ccc(COc2ccc(OCCn3nccn3)cc2)cc1. The van der Waals surface area contributed by atoms with Crippen LogP contribution in [0.15, 0.2) is 67.0 Å². The van der Waals surface area contributed by atoms with Gasteiger partial charge in [-0.1, -0.05) is 30.3 Å². The number of hydrogen-bond acceptors (Lipinski definition) is 4. The van der Waals surface area contributed by atoms with E-state index in [0.717, 1.165) is 17.1 Å². The van der Waals surface area contributed by atoms with Crippen molar-refractivity contribution in [2.24, 2.45) is 0 Å². The third-order valence-electron chi connectivity index (χ3n) is 3.10. The Morgan fingerprint density at radius 3 is 2.09 bits per heavy atom. The molecule has 0 amide bonds. The van der Waals surface area contributed by atoms with E-state index in [0.29, 0.717) is 19.8 Å². The predicted octanol–water partition coefficient (Wildman–Crippen LogP) is 2.94. The highest BCUT2D eigenvalue weighted by Gasteiger charge is 1.98. The van der Waals surface area contributed by atoms with Crippen LogP contribution in [-0.4, -0.2) is 21.6 Å². The van der Waals surface area contributed by atoms with E-state index in [1.54, 1.807) is 17.2 Å². The van der Waals surface area contributed by atoms with E-state index in [4.69, 9.17) is 9.47 Å². The van der Waals surface area contributed by atoms with Gasteiger partial charge in [0.25, 0.3) is 0 Å². The van der Waals surface area contributed by atoms with Crippen molar-refractivity contribution in [2.75, 3.05) is 6.61 Å². The summed E-state index contributed by atoms with van der Waals surface area (Å²) in [7, 11) is 0. The average Bonchev–Trinajstić information content (AvgIpc) is 3.08. The lowest BCUT2D eigenvalue weighted by Gasteiger charge is -2.08. The maximum absolute atomic E-state index is 5.73. The molecule has 3 rings (SSSR count). The summed E-state index contributed by atoms with van der Waals surface area (Å²) in [5.41, 5.74) is 1.15. The molecule has 0 saturated heterocycles. The molecule has 5 heteroatoms. The van der Waals surface area contributed by atoms with Gasteiger partial charge in [-0.25, -0.2) is 0 Å². The summed E-state index contributed by atoms with van der Waals surface area (Å²) in [6.07, 6.45) is 3.30. The summed E-state index contributed by atoms with van der Waals surface area (Å²) >= 11 is 0. The van der Waals surface area contributed by atoms with Gasteiger partial charge in [0, 0.05) is 0 Å². The Hall–Kier alpha value is -2.82. The smallest absolute Gasteiger partial charge is 0.120 e. The number of nitrogens with zero attached hydrogens (tertiary/aromatic N) is 3. The van der Waals surface area contributed by atoms with E-state index in [2.05, 4.69) is 10.2 Å². The maximum atomic E-state index is 5.73. The first-order valence-corrected chi connectivity index (χ1v) is 7.14. The summed E-state index contributed by atoms with van der Waals surface area (Å²) in [6.45, 7) is 1.71. The highest BCUT2D eigenvalue weighted by atomic mass is 16.5. The van der Waals surface area contributed by atoms with Gasteiger partial charge in [-0.15, -0.1) is 0 Å². The Bertz CT molecular complexity index is 667. The standard InChI is InChI=1S/C17H17N3O2/c1-2-4-15(5-3-1)14-22-17-8-6-16(7-9-17)21-13-12-20-18-10-11-19-20/h1-11H,12-14H2. The van der Waals surface area contributed by atoms with Gasteiger partial charge in [-0.3, -0.25) is 0 Å². The fourth-order valence-corrected chi connectivity index (χ4v) is 1.98. The second kappa shape index (κ2) is 7.26. The van der Waals surface area contributed by atoms with Gasteiger partial charge in [-0.05, 0) is 29.8 Å². The number of ether oxygens (including phenoxy) is 2. The zero-order valence-corrected chi connectivity index (χ0v) is 12.1. The Balaban J connectivity index is 1.45. The number of rotatable bonds is 7. The molecule has 0 aliphatic heterocycles. The van der Waals surface area contributed by atoms with Crippen LogP contribution >= 0.6 is 0 Å². The van der Waals surface area contributed by atoms with Gasteiger partial charge in [0.05, 0.1) is 18.9 Å². The van der Waals surface area contributed by atoms with Crippen LogP contribution in [0.3, 0.4) is 0 Å². The zero-order valence-electron chi connectivity index (χ0n) is 12.1. The number of hydrogen-bond donors (Lipinski definition) is 0. The Labute approximate surface area is 129 Å². The minimum Gasteiger partial charge on any atom is -0.492 e. The minimum atomic E-state index is 0.527. The van der Waals surface area contributed by atoms with Gasteiger partial charge >= 0.3 is 0 Å². The molecule has 5 nitrogen and oxygen atoms in total. The van der Waals surface area contributed by atoms with Crippen molar-refractivity contribution in [3.05, 3.63) is 72.6 Å². The molecule has 0 aliphatic carbocycles. The minimum absolute atomic E-state index is 0.527. The third-order valence-corrected chi connectivity index (χ3v) is 3.10. The monoisotopic (exact) mass is 295 g/mol. The third kappa shape index (κ3) is 4.09. The largest absolute Gasteiger partial charge is 0.492 e. The van der Waals surface area contributed by atoms with Crippen LogP contribution in [-0.2, 0) is 13.2 Å². The molecule has 1 aromatic heterocycles. The molecule has 112 valence electrons. The Kier molecular flexibility index (Phi) is 4.67. The van der Waals surface area contributed by atoms with Crippen molar-refractivity contribution in [1.29, 1.82) is 0 Å². The first-order valence-electron chi connectivity index (χ1n) is 7.14. The lowest BCUT2D eigenvalue weighted by molar-refractivity contribution is 0.279. The van der Waals surface area contributed by atoms with Crippen LogP contribution < -0.4 is 9.47 Å². The van der Waals surface area contributed by atoms with Gasteiger partial charge in [-0.2, -0.15) is 15.0 Å². The highest BCUT2D eigenvalue weighted by Crippen LogP contribution is 2.18. The zero-order chi connectivity index (χ0) is 15.0. The molecule has 0 fully saturated rings. The normalized spacial score (nSPS) is 10.4. The van der Waals surface area contributed by atoms with Gasteiger partial charge in [0.1, 0.15) is 24.7 Å². The molecular formula is C17H17N3O2. The first kappa shape index (κ1) is 14.1. The molecule has 3 aromatic rings. The summed E-state index contributed by atoms with van der Waals surface area (Å²) in [5.74, 6) is 1.63. The molecule has 0 aliphatic rings. The summed E-state index contributed by atoms with van der Waals surface area (Å²) in [6, 6.07) is 17.7. The molecular weight excluding hydrogens is 278 g/mol. The molecule has 1 heterocycles. The Morgan fingerprint density at radius 2 is 1.41 bits per heavy atom. The van der Waals surface area contributed by atoms with Crippen molar-refractivity contribution >= 4 is 0 Å². The molecule has 0 N–H and O–H groups in total. The van der Waals surface area contributed by atoms with E-state index < -0.39 is 0 Å². The lowest BCUT2D eigenvalue weighted by atomic mass is 10.2. The highest BCUT2D eigenvalue weighted by molar-refractivity contribution is 5.31. The molecule has 0 radical (unpaired) electrons. The fourth-order valence-electron chi connectivity index (χ4n) is 1.98. The van der Waals surface area contributed by atoms with E-state index in [1.807, 2.05) is 54.6 Å². The summed E-state index contributed by atoms with van der Waals surface area (Å²) < 4.78 is 11.4. The van der Waals surface area contributed by atoms with Crippen LogP contribution in [0.25, 0.3) is 0 Å². The van der Waals surface area contributed by atoms with Crippen molar-refractivity contribution in [3.63, 3.8) is 0 Å². The topological polar surface area (TPSA) is 49.2 Å². The lowest BCUT2D eigenvalue weighted by Crippen LogP contribution is -2.10. The summed E-state index contributed by atoms with van der Waals surface area (Å²) in [5, 5.41) is 8.04. The molecule has 0 spiro atoms. The van der Waals surface area contributed by atoms with Crippen molar-refractivity contribution in [2.45, 2.75) is 13.2 Å². The molecule has 0 unspecified atom stereocenters. The van der Waals surface area contributed by atoms with Crippen molar-refractivity contribution < 1.29 is 9.47 Å². The first-order chi connectivity index (χ1) is 10.9. The van der Waals surface area contributed by atoms with E-state index in [-0.39, 0.29) is 0 Å². The van der Waals surface area contributed by atoms with Crippen LogP contribution in [0, 0.1) is 0 Å². The van der Waals surface area contributed by atoms with Crippen LogP contribution in [0.2, 0.25) is 0 Å². The van der Waals surface area contributed by atoms with Crippen LogP contribution in [0.4, 0.5) is 0 Å².